The summed E-state index contributed by atoms with van der Waals surface area (Å²) in [6.07, 6.45) is 3.45. The summed E-state index contributed by atoms with van der Waals surface area (Å²) >= 11 is 0. The summed E-state index contributed by atoms with van der Waals surface area (Å²) < 4.78 is 16.8. The maximum atomic E-state index is 5.95. The van der Waals surface area contributed by atoms with Gasteiger partial charge in [0.1, 0.15) is 0 Å². The Labute approximate surface area is 120 Å². The van der Waals surface area contributed by atoms with Crippen LogP contribution in [-0.2, 0) is 14.0 Å². The van der Waals surface area contributed by atoms with Crippen LogP contribution in [0.5, 0.6) is 0 Å². The van der Waals surface area contributed by atoms with Gasteiger partial charge in [0, 0.05) is 31.5 Å². The molecule has 2 heterocycles. The molecule has 1 saturated heterocycles. The average Bonchev–Trinajstić information content (AvgIpc) is 2.60. The zero-order chi connectivity index (χ0) is 14.8. The lowest BCUT2D eigenvalue weighted by Crippen LogP contribution is -2.41. The van der Waals surface area contributed by atoms with Gasteiger partial charge in [0.05, 0.1) is 17.8 Å². The Bertz CT molecular complexity index is 435. The number of hydrogen-bond donors (Lipinski definition) is 1. The van der Waals surface area contributed by atoms with Gasteiger partial charge in [-0.2, -0.15) is 0 Å². The molecule has 1 aromatic heterocycles. The maximum Gasteiger partial charge on any atom is 0.498 e. The van der Waals surface area contributed by atoms with Crippen molar-refractivity contribution in [1.29, 1.82) is 0 Å². The molecule has 0 saturated carbocycles. The van der Waals surface area contributed by atoms with Gasteiger partial charge < -0.3 is 19.4 Å². The van der Waals surface area contributed by atoms with E-state index >= 15 is 0 Å². The van der Waals surface area contributed by atoms with Gasteiger partial charge in [0.25, 0.3) is 0 Å². The van der Waals surface area contributed by atoms with Gasteiger partial charge in [0.15, 0.2) is 0 Å². The normalized spacial score (nSPS) is 20.1. The van der Waals surface area contributed by atoms with E-state index in [4.69, 9.17) is 14.0 Å². The van der Waals surface area contributed by atoms with E-state index in [-0.39, 0.29) is 11.2 Å². The third kappa shape index (κ3) is 3.11. The van der Waals surface area contributed by atoms with Crippen molar-refractivity contribution < 1.29 is 14.0 Å². The topological polar surface area (TPSA) is 65.5 Å². The van der Waals surface area contributed by atoms with Crippen LogP contribution < -0.4 is 10.8 Å². The Balaban J connectivity index is 2.01. The highest BCUT2D eigenvalue weighted by atomic mass is 16.7. The number of anilines is 1. The first-order valence-corrected chi connectivity index (χ1v) is 6.76. The Morgan fingerprint density at radius 1 is 1.15 bits per heavy atom. The first-order valence-electron chi connectivity index (χ1n) is 6.76. The zero-order valence-corrected chi connectivity index (χ0v) is 12.8. The van der Waals surface area contributed by atoms with Crippen LogP contribution >= 0.6 is 0 Å². The average molecular weight is 279 g/mol. The van der Waals surface area contributed by atoms with Crippen LogP contribution in [0.1, 0.15) is 27.7 Å². The van der Waals surface area contributed by atoms with Gasteiger partial charge in [-0.05, 0) is 27.7 Å². The third-order valence-corrected chi connectivity index (χ3v) is 3.79. The first-order chi connectivity index (χ1) is 9.36. The standard InChI is InChI=1S/C13H22BN3O3/c1-12(2)13(3,4)20-14(19-12)10-8-16-11(17-9-10)15-6-7-18-5/h8-9H,6-7H2,1-5H3,(H,15,16,17). The Hall–Kier alpha value is -1.18. The fraction of sp³-hybridized carbons (Fsp3) is 0.692. The van der Waals surface area contributed by atoms with Crippen molar-refractivity contribution in [3.05, 3.63) is 12.4 Å². The van der Waals surface area contributed by atoms with Gasteiger partial charge in [-0.25, -0.2) is 9.97 Å². The minimum Gasteiger partial charge on any atom is -0.399 e. The molecule has 0 atom stereocenters. The molecule has 2 rings (SSSR count). The molecule has 0 amide bonds. The predicted octanol–water partition coefficient (Wildman–Crippen LogP) is 0.834. The predicted molar refractivity (Wildman–Crippen MR) is 78.1 cm³/mol. The smallest absolute Gasteiger partial charge is 0.399 e. The Morgan fingerprint density at radius 3 is 2.20 bits per heavy atom. The Kier molecular flexibility index (Phi) is 4.32. The molecule has 0 aliphatic carbocycles. The van der Waals surface area contributed by atoms with Crippen molar-refractivity contribution >= 4 is 18.5 Å². The van der Waals surface area contributed by atoms with Crippen LogP contribution in [-0.4, -0.2) is 48.5 Å². The molecule has 1 aromatic rings. The quantitative estimate of drug-likeness (QED) is 0.636. The number of rotatable bonds is 5. The van der Waals surface area contributed by atoms with Gasteiger partial charge in [-0.15, -0.1) is 0 Å². The van der Waals surface area contributed by atoms with Crippen LogP contribution in [0.3, 0.4) is 0 Å². The molecule has 0 unspecified atom stereocenters. The molecule has 1 aliphatic rings. The van der Waals surface area contributed by atoms with E-state index in [1.807, 2.05) is 27.7 Å². The van der Waals surface area contributed by atoms with Crippen molar-refractivity contribution in [2.24, 2.45) is 0 Å². The number of ether oxygens (including phenoxy) is 1. The number of nitrogens with zero attached hydrogens (tertiary/aromatic N) is 2. The molecule has 0 spiro atoms. The largest absolute Gasteiger partial charge is 0.498 e. The fourth-order valence-electron chi connectivity index (χ4n) is 1.80. The summed E-state index contributed by atoms with van der Waals surface area (Å²) in [7, 11) is 1.23. The third-order valence-electron chi connectivity index (χ3n) is 3.79. The van der Waals surface area contributed by atoms with E-state index in [1.54, 1.807) is 19.5 Å². The van der Waals surface area contributed by atoms with Crippen LogP contribution in [0.4, 0.5) is 5.95 Å². The summed E-state index contributed by atoms with van der Waals surface area (Å²) in [4.78, 5) is 8.51. The molecule has 110 valence electrons. The number of hydrogen-bond acceptors (Lipinski definition) is 6. The molecule has 7 heteroatoms. The van der Waals surface area contributed by atoms with Gasteiger partial charge in [0.2, 0.25) is 5.95 Å². The Morgan fingerprint density at radius 2 is 1.70 bits per heavy atom. The van der Waals surface area contributed by atoms with Crippen molar-refractivity contribution in [3.8, 4) is 0 Å². The highest BCUT2D eigenvalue weighted by Gasteiger charge is 2.51. The van der Waals surface area contributed by atoms with Crippen LogP contribution in [0, 0.1) is 0 Å². The first kappa shape index (κ1) is 15.2. The summed E-state index contributed by atoms with van der Waals surface area (Å²) in [6, 6.07) is 0. The van der Waals surface area contributed by atoms with Crippen LogP contribution in [0.25, 0.3) is 0 Å². The van der Waals surface area contributed by atoms with E-state index < -0.39 is 7.12 Å². The lowest BCUT2D eigenvalue weighted by atomic mass is 9.81. The van der Waals surface area contributed by atoms with E-state index in [1.165, 1.54) is 0 Å². The summed E-state index contributed by atoms with van der Waals surface area (Å²) in [5.41, 5.74) is 0.112. The fourth-order valence-corrected chi connectivity index (χ4v) is 1.80. The summed E-state index contributed by atoms with van der Waals surface area (Å²) in [6.45, 7) is 9.38. The van der Waals surface area contributed by atoms with E-state index in [9.17, 15) is 0 Å². The molecule has 0 radical (unpaired) electrons. The molecular formula is C13H22BN3O3. The molecule has 0 aromatic carbocycles. The monoisotopic (exact) mass is 279 g/mol. The zero-order valence-electron chi connectivity index (χ0n) is 12.8. The van der Waals surface area contributed by atoms with Crippen molar-refractivity contribution in [3.63, 3.8) is 0 Å². The van der Waals surface area contributed by atoms with Crippen molar-refractivity contribution in [2.45, 2.75) is 38.9 Å². The van der Waals surface area contributed by atoms with Crippen molar-refractivity contribution in [1.82, 2.24) is 9.97 Å². The lowest BCUT2D eigenvalue weighted by molar-refractivity contribution is 0.00578. The van der Waals surface area contributed by atoms with Crippen LogP contribution in [0.15, 0.2) is 12.4 Å². The number of methoxy groups -OCH3 is 1. The minimum atomic E-state index is -0.423. The number of aromatic nitrogens is 2. The molecular weight excluding hydrogens is 257 g/mol. The van der Waals surface area contributed by atoms with Gasteiger partial charge in [-0.1, -0.05) is 0 Å². The van der Waals surface area contributed by atoms with Gasteiger partial charge >= 0.3 is 7.12 Å². The lowest BCUT2D eigenvalue weighted by Gasteiger charge is -2.32. The van der Waals surface area contributed by atoms with E-state index in [0.717, 1.165) is 5.46 Å². The highest BCUT2D eigenvalue weighted by molar-refractivity contribution is 6.61. The SMILES string of the molecule is COCCNc1ncc(B2OC(C)(C)C(C)(C)O2)cn1. The van der Waals surface area contributed by atoms with Gasteiger partial charge in [-0.3, -0.25) is 0 Å². The maximum absolute atomic E-state index is 5.95. The molecule has 1 aliphatic heterocycles. The molecule has 6 nitrogen and oxygen atoms in total. The van der Waals surface area contributed by atoms with E-state index in [0.29, 0.717) is 19.1 Å². The second kappa shape index (κ2) is 5.67. The molecule has 1 N–H and O–H groups in total. The number of nitrogens with one attached hydrogen (secondary N) is 1. The second-order valence-electron chi connectivity index (χ2n) is 5.85. The van der Waals surface area contributed by atoms with Crippen molar-refractivity contribution in [2.75, 3.05) is 25.6 Å². The minimum absolute atomic E-state index is 0.354. The molecule has 1 fully saturated rings. The second-order valence-corrected chi connectivity index (χ2v) is 5.85. The van der Waals surface area contributed by atoms with Crippen LogP contribution in [0.2, 0.25) is 0 Å². The molecule has 0 bridgehead atoms. The van der Waals surface area contributed by atoms with E-state index in [2.05, 4.69) is 15.3 Å². The summed E-state index contributed by atoms with van der Waals surface area (Å²) in [5.74, 6) is 0.572. The molecule has 20 heavy (non-hydrogen) atoms. The summed E-state index contributed by atoms with van der Waals surface area (Å²) in [5, 5.41) is 3.07. The highest BCUT2D eigenvalue weighted by Crippen LogP contribution is 2.36.